The number of carbonyl (C=O) groups is 1. The van der Waals surface area contributed by atoms with Gasteiger partial charge in [0.1, 0.15) is 5.82 Å². The number of imidazole rings is 1. The van der Waals surface area contributed by atoms with Crippen molar-refractivity contribution < 1.29 is 4.79 Å². The van der Waals surface area contributed by atoms with Gasteiger partial charge in [-0.3, -0.25) is 4.79 Å². The predicted molar refractivity (Wildman–Crippen MR) is 121 cm³/mol. The molecule has 30 heavy (non-hydrogen) atoms. The molecule has 0 aliphatic carbocycles. The molecule has 3 aromatic rings. The van der Waals surface area contributed by atoms with Gasteiger partial charge in [-0.2, -0.15) is 0 Å². The van der Waals surface area contributed by atoms with E-state index in [-0.39, 0.29) is 11.9 Å². The number of hydrogen-bond acceptors (Lipinski definition) is 3. The number of rotatable bonds is 6. The van der Waals surface area contributed by atoms with Crippen molar-refractivity contribution in [2.75, 3.05) is 18.0 Å². The highest BCUT2D eigenvalue weighted by atomic mass is 16.1. The van der Waals surface area contributed by atoms with Crippen LogP contribution in [0.4, 0.5) is 5.69 Å². The van der Waals surface area contributed by atoms with Gasteiger partial charge in [0.2, 0.25) is 0 Å². The van der Waals surface area contributed by atoms with Gasteiger partial charge in [-0.05, 0) is 68.5 Å². The van der Waals surface area contributed by atoms with Gasteiger partial charge in [0, 0.05) is 43.3 Å². The minimum absolute atomic E-state index is 0.0406. The molecule has 1 atom stereocenters. The summed E-state index contributed by atoms with van der Waals surface area (Å²) in [7, 11) is 0. The quantitative estimate of drug-likeness (QED) is 0.649. The van der Waals surface area contributed by atoms with Crippen molar-refractivity contribution in [3.8, 4) is 0 Å². The summed E-state index contributed by atoms with van der Waals surface area (Å²) in [5, 5.41) is 3.12. The van der Waals surface area contributed by atoms with E-state index in [1.807, 2.05) is 44.3 Å². The summed E-state index contributed by atoms with van der Waals surface area (Å²) in [6.45, 7) is 7.06. The van der Waals surface area contributed by atoms with Crippen LogP contribution < -0.4 is 10.2 Å². The van der Waals surface area contributed by atoms with E-state index in [2.05, 4.69) is 44.0 Å². The van der Waals surface area contributed by atoms with Gasteiger partial charge in [0.25, 0.3) is 5.91 Å². The van der Waals surface area contributed by atoms with Gasteiger partial charge in [-0.25, -0.2) is 4.98 Å². The minimum Gasteiger partial charge on any atom is -0.372 e. The van der Waals surface area contributed by atoms with Crippen LogP contribution in [-0.4, -0.2) is 28.5 Å². The molecule has 1 fully saturated rings. The summed E-state index contributed by atoms with van der Waals surface area (Å²) < 4.78 is 2.09. The maximum atomic E-state index is 12.7. The van der Waals surface area contributed by atoms with Gasteiger partial charge in [-0.15, -0.1) is 0 Å². The maximum absolute atomic E-state index is 12.7. The van der Waals surface area contributed by atoms with Crippen LogP contribution in [0.5, 0.6) is 0 Å². The first-order chi connectivity index (χ1) is 14.6. The largest absolute Gasteiger partial charge is 0.372 e. The lowest BCUT2D eigenvalue weighted by molar-refractivity contribution is 0.0940. The highest BCUT2D eigenvalue weighted by Crippen LogP contribution is 2.22. The van der Waals surface area contributed by atoms with Crippen LogP contribution in [0.2, 0.25) is 0 Å². The van der Waals surface area contributed by atoms with Crippen LogP contribution >= 0.6 is 0 Å². The number of aromatic nitrogens is 2. The molecule has 5 heteroatoms. The van der Waals surface area contributed by atoms with E-state index in [9.17, 15) is 4.79 Å². The second-order valence-corrected chi connectivity index (χ2v) is 8.13. The summed E-state index contributed by atoms with van der Waals surface area (Å²) in [5.74, 6) is 0.935. The summed E-state index contributed by atoms with van der Waals surface area (Å²) in [6.07, 6.45) is 7.65. The molecule has 1 amide bonds. The summed E-state index contributed by atoms with van der Waals surface area (Å²) in [4.78, 5) is 19.4. The zero-order valence-corrected chi connectivity index (χ0v) is 17.8. The smallest absolute Gasteiger partial charge is 0.251 e. The topological polar surface area (TPSA) is 50.2 Å². The first-order valence-corrected chi connectivity index (χ1v) is 10.8. The Balaban J connectivity index is 1.35. The Morgan fingerprint density at radius 2 is 1.73 bits per heavy atom. The fourth-order valence-electron chi connectivity index (χ4n) is 4.02. The van der Waals surface area contributed by atoms with Gasteiger partial charge in [0.05, 0.1) is 6.04 Å². The number of anilines is 1. The van der Waals surface area contributed by atoms with Crippen LogP contribution in [0.3, 0.4) is 0 Å². The third-order valence-corrected chi connectivity index (χ3v) is 5.95. The molecule has 1 aliphatic heterocycles. The van der Waals surface area contributed by atoms with Crippen molar-refractivity contribution in [2.24, 2.45) is 0 Å². The lowest BCUT2D eigenvalue weighted by Crippen LogP contribution is -2.29. The van der Waals surface area contributed by atoms with Crippen molar-refractivity contribution in [2.45, 2.75) is 45.7 Å². The Morgan fingerprint density at radius 3 is 2.37 bits per heavy atom. The van der Waals surface area contributed by atoms with E-state index in [0.717, 1.165) is 36.6 Å². The first kappa shape index (κ1) is 20.2. The maximum Gasteiger partial charge on any atom is 0.251 e. The normalized spacial score (nSPS) is 15.1. The van der Waals surface area contributed by atoms with Crippen LogP contribution in [0.15, 0.2) is 60.9 Å². The molecule has 0 bridgehead atoms. The number of amides is 1. The molecule has 5 nitrogen and oxygen atoms in total. The molecule has 4 rings (SSSR count). The molecule has 0 unspecified atom stereocenters. The standard InChI is InChI=1S/C25H30N4O/c1-19(22-10-12-24(13-11-22)28-15-4-3-5-16-28)27-25(30)23-8-6-21(7-9-23)18-29-17-14-26-20(29)2/h6-14,17,19H,3-5,15-16,18H2,1-2H3,(H,27,30)/t19-/m0/s1. The zero-order chi connectivity index (χ0) is 20.9. The Morgan fingerprint density at radius 1 is 1.03 bits per heavy atom. The zero-order valence-electron chi connectivity index (χ0n) is 17.8. The molecule has 1 aromatic heterocycles. The van der Waals surface area contributed by atoms with Crippen molar-refractivity contribution in [3.05, 3.63) is 83.4 Å². The van der Waals surface area contributed by atoms with E-state index in [1.165, 1.54) is 24.9 Å². The van der Waals surface area contributed by atoms with Crippen molar-refractivity contribution in [1.82, 2.24) is 14.9 Å². The summed E-state index contributed by atoms with van der Waals surface area (Å²) >= 11 is 0. The van der Waals surface area contributed by atoms with Crippen molar-refractivity contribution >= 4 is 11.6 Å². The molecule has 0 spiro atoms. The number of nitrogens with zero attached hydrogens (tertiary/aromatic N) is 3. The van der Waals surface area contributed by atoms with Crippen LogP contribution in [0, 0.1) is 6.92 Å². The summed E-state index contributed by atoms with van der Waals surface area (Å²) in [5.41, 5.74) is 4.23. The SMILES string of the molecule is Cc1nccn1Cc1ccc(C(=O)N[C@@H](C)c2ccc(N3CCCCC3)cc2)cc1. The fourth-order valence-corrected chi connectivity index (χ4v) is 4.02. The Kier molecular flexibility index (Phi) is 6.17. The number of carbonyl (C=O) groups excluding carboxylic acids is 1. The van der Waals surface area contributed by atoms with E-state index < -0.39 is 0 Å². The lowest BCUT2D eigenvalue weighted by atomic mass is 10.1. The fraction of sp³-hybridized carbons (Fsp3) is 0.360. The number of nitrogens with one attached hydrogen (secondary N) is 1. The molecular formula is C25H30N4O. The molecule has 0 saturated carbocycles. The predicted octanol–water partition coefficient (Wildman–Crippen LogP) is 4.72. The van der Waals surface area contributed by atoms with Crippen LogP contribution in [0.25, 0.3) is 0 Å². The molecule has 0 radical (unpaired) electrons. The lowest BCUT2D eigenvalue weighted by Gasteiger charge is -2.29. The summed E-state index contributed by atoms with van der Waals surface area (Å²) in [6, 6.07) is 16.4. The van der Waals surface area contributed by atoms with Gasteiger partial charge in [-0.1, -0.05) is 24.3 Å². The highest BCUT2D eigenvalue weighted by molar-refractivity contribution is 5.94. The minimum atomic E-state index is -0.0482. The first-order valence-electron chi connectivity index (χ1n) is 10.8. The molecule has 2 heterocycles. The van der Waals surface area contributed by atoms with Crippen molar-refractivity contribution in [3.63, 3.8) is 0 Å². The number of hydrogen-bond donors (Lipinski definition) is 1. The average molecular weight is 403 g/mol. The van der Waals surface area contributed by atoms with Gasteiger partial charge < -0.3 is 14.8 Å². The third kappa shape index (κ3) is 4.73. The third-order valence-electron chi connectivity index (χ3n) is 5.95. The second kappa shape index (κ2) is 9.16. The van der Waals surface area contributed by atoms with Crippen molar-refractivity contribution in [1.29, 1.82) is 0 Å². The molecular weight excluding hydrogens is 372 g/mol. The second-order valence-electron chi connectivity index (χ2n) is 8.13. The molecule has 2 aromatic carbocycles. The van der Waals surface area contributed by atoms with E-state index >= 15 is 0 Å². The Labute approximate surface area is 178 Å². The van der Waals surface area contributed by atoms with Crippen LogP contribution in [0.1, 0.15) is 59.5 Å². The Bertz CT molecular complexity index is 969. The van der Waals surface area contributed by atoms with E-state index in [0.29, 0.717) is 5.56 Å². The van der Waals surface area contributed by atoms with Gasteiger partial charge in [0.15, 0.2) is 0 Å². The number of aryl methyl sites for hydroxylation is 1. The van der Waals surface area contributed by atoms with E-state index in [4.69, 9.17) is 0 Å². The monoisotopic (exact) mass is 402 g/mol. The molecule has 156 valence electrons. The van der Waals surface area contributed by atoms with Crippen LogP contribution in [-0.2, 0) is 6.54 Å². The highest BCUT2D eigenvalue weighted by Gasteiger charge is 2.14. The number of piperidine rings is 1. The average Bonchev–Trinajstić information content (AvgIpc) is 3.19. The molecule has 1 N–H and O–H groups in total. The number of benzene rings is 2. The van der Waals surface area contributed by atoms with E-state index in [1.54, 1.807) is 6.20 Å². The van der Waals surface area contributed by atoms with Gasteiger partial charge >= 0.3 is 0 Å². The Hall–Kier alpha value is -3.08. The molecule has 1 aliphatic rings. The molecule has 1 saturated heterocycles.